The molecule has 2 aromatic carbocycles. The Hall–Kier alpha value is -3.32. The zero-order chi connectivity index (χ0) is 20.9. The quantitative estimate of drug-likeness (QED) is 0.433. The Labute approximate surface area is 177 Å². The maximum absolute atomic E-state index is 13.0. The Morgan fingerprint density at radius 3 is 2.60 bits per heavy atom. The van der Waals surface area contributed by atoms with Gasteiger partial charge in [0.05, 0.1) is 6.20 Å². The summed E-state index contributed by atoms with van der Waals surface area (Å²) in [6.07, 6.45) is 4.71. The maximum Gasteiger partial charge on any atom is 0.226 e. The lowest BCUT2D eigenvalue weighted by molar-refractivity contribution is -0.116. The van der Waals surface area contributed by atoms with Crippen LogP contribution in [0.15, 0.2) is 65.3 Å². The fourth-order valence-corrected chi connectivity index (χ4v) is 3.79. The van der Waals surface area contributed by atoms with Crippen LogP contribution in [0.1, 0.15) is 28.3 Å². The molecule has 4 rings (SSSR count). The first-order chi connectivity index (χ1) is 14.5. The lowest BCUT2D eigenvalue weighted by Gasteiger charge is -2.00. The Balaban J connectivity index is 1.28. The van der Waals surface area contributed by atoms with Gasteiger partial charge >= 0.3 is 0 Å². The summed E-state index contributed by atoms with van der Waals surface area (Å²) in [5.74, 6) is 0.813. The first-order valence-corrected chi connectivity index (χ1v) is 10.4. The van der Waals surface area contributed by atoms with E-state index in [0.717, 1.165) is 16.0 Å². The number of aromatic nitrogens is 2. The van der Waals surface area contributed by atoms with E-state index >= 15 is 0 Å². The molecule has 30 heavy (non-hydrogen) atoms. The summed E-state index contributed by atoms with van der Waals surface area (Å²) in [5.41, 5.74) is 3.13. The van der Waals surface area contributed by atoms with Crippen molar-refractivity contribution in [3.8, 4) is 11.3 Å². The Morgan fingerprint density at radius 1 is 1.07 bits per heavy atom. The van der Waals surface area contributed by atoms with Gasteiger partial charge in [-0.05, 0) is 24.6 Å². The Morgan fingerprint density at radius 2 is 1.83 bits per heavy atom. The molecule has 2 aromatic heterocycles. The molecule has 2 heterocycles. The molecule has 0 atom stereocenters. The minimum atomic E-state index is -0.256. The molecule has 4 aromatic rings. The molecule has 1 amide bonds. The van der Waals surface area contributed by atoms with Crippen molar-refractivity contribution in [2.45, 2.75) is 26.2 Å². The number of carbonyl (C=O) groups is 1. The number of thiazole rings is 1. The second-order valence-electron chi connectivity index (χ2n) is 6.97. The molecule has 0 spiro atoms. The summed E-state index contributed by atoms with van der Waals surface area (Å²) in [4.78, 5) is 21.8. The van der Waals surface area contributed by atoms with Gasteiger partial charge in [0.1, 0.15) is 5.82 Å². The molecule has 0 unspecified atom stereocenters. The molecule has 0 saturated carbocycles. The van der Waals surface area contributed by atoms with Crippen molar-refractivity contribution in [3.63, 3.8) is 0 Å². The van der Waals surface area contributed by atoms with Crippen LogP contribution in [0, 0.1) is 12.7 Å². The number of amides is 1. The third-order valence-electron chi connectivity index (χ3n) is 4.55. The summed E-state index contributed by atoms with van der Waals surface area (Å²) in [6, 6.07) is 14.4. The highest BCUT2D eigenvalue weighted by Crippen LogP contribution is 2.23. The van der Waals surface area contributed by atoms with Crippen molar-refractivity contribution in [1.82, 2.24) is 9.97 Å². The van der Waals surface area contributed by atoms with Gasteiger partial charge in [-0.3, -0.25) is 4.79 Å². The SMILES string of the molecule is Cc1ccc(-c2cnc(CCC(=O)Nc3ncc(Cc4ccc(F)cc4)s3)o2)cc1. The van der Waals surface area contributed by atoms with Gasteiger partial charge < -0.3 is 9.73 Å². The largest absolute Gasteiger partial charge is 0.441 e. The van der Waals surface area contributed by atoms with Crippen LogP contribution in [0.4, 0.5) is 9.52 Å². The lowest BCUT2D eigenvalue weighted by Crippen LogP contribution is -2.12. The van der Waals surface area contributed by atoms with Gasteiger partial charge in [0, 0.05) is 35.9 Å². The normalized spacial score (nSPS) is 10.9. The molecule has 0 aliphatic rings. The molecule has 0 saturated heterocycles. The van der Waals surface area contributed by atoms with E-state index < -0.39 is 0 Å². The monoisotopic (exact) mass is 421 g/mol. The van der Waals surface area contributed by atoms with Crippen molar-refractivity contribution in [2.24, 2.45) is 0 Å². The highest BCUT2D eigenvalue weighted by molar-refractivity contribution is 7.15. The number of benzene rings is 2. The van der Waals surface area contributed by atoms with Crippen molar-refractivity contribution in [2.75, 3.05) is 5.32 Å². The number of oxazole rings is 1. The van der Waals surface area contributed by atoms with Crippen molar-refractivity contribution in [1.29, 1.82) is 0 Å². The molecule has 5 nitrogen and oxygen atoms in total. The van der Waals surface area contributed by atoms with Crippen LogP contribution in [0.3, 0.4) is 0 Å². The van der Waals surface area contributed by atoms with E-state index in [0.29, 0.717) is 29.6 Å². The number of hydrogen-bond donors (Lipinski definition) is 1. The topological polar surface area (TPSA) is 68.0 Å². The van der Waals surface area contributed by atoms with Crippen LogP contribution >= 0.6 is 11.3 Å². The van der Waals surface area contributed by atoms with Gasteiger partial charge in [-0.1, -0.05) is 42.0 Å². The van der Waals surface area contributed by atoms with E-state index in [1.807, 2.05) is 31.2 Å². The third kappa shape index (κ3) is 5.18. The number of aryl methyl sites for hydroxylation is 2. The standard InChI is InChI=1S/C23H20FN3O2S/c1-15-2-6-17(7-3-15)20-14-25-22(29-20)11-10-21(28)27-23-26-13-19(30-23)12-16-4-8-18(24)9-5-16/h2-9,13-14H,10-12H2,1H3,(H,26,27,28). The summed E-state index contributed by atoms with van der Waals surface area (Å²) in [5, 5.41) is 3.36. The molecule has 0 radical (unpaired) electrons. The number of rotatable bonds is 7. The van der Waals surface area contributed by atoms with Crippen molar-refractivity contribution < 1.29 is 13.6 Å². The first-order valence-electron chi connectivity index (χ1n) is 9.56. The Kier molecular flexibility index (Phi) is 5.99. The van der Waals surface area contributed by atoms with Crippen molar-refractivity contribution in [3.05, 3.63) is 88.6 Å². The van der Waals surface area contributed by atoms with E-state index in [-0.39, 0.29) is 18.1 Å². The van der Waals surface area contributed by atoms with E-state index in [1.165, 1.54) is 29.0 Å². The number of carbonyl (C=O) groups excluding carboxylic acids is 1. The highest BCUT2D eigenvalue weighted by atomic mass is 32.1. The molecule has 0 bridgehead atoms. The fraction of sp³-hybridized carbons (Fsp3) is 0.174. The zero-order valence-electron chi connectivity index (χ0n) is 16.4. The lowest BCUT2D eigenvalue weighted by atomic mass is 10.1. The van der Waals surface area contributed by atoms with Crippen LogP contribution in [0.25, 0.3) is 11.3 Å². The fourth-order valence-electron chi connectivity index (χ4n) is 2.93. The molecule has 0 aliphatic carbocycles. The van der Waals surface area contributed by atoms with Gasteiger partial charge in [-0.2, -0.15) is 0 Å². The smallest absolute Gasteiger partial charge is 0.226 e. The van der Waals surface area contributed by atoms with Gasteiger partial charge in [-0.25, -0.2) is 14.4 Å². The number of hydrogen-bond acceptors (Lipinski definition) is 5. The van der Waals surface area contributed by atoms with E-state index in [1.54, 1.807) is 24.5 Å². The summed E-state index contributed by atoms with van der Waals surface area (Å²) in [6.45, 7) is 2.03. The van der Waals surface area contributed by atoms with Crippen LogP contribution < -0.4 is 5.32 Å². The molecular weight excluding hydrogens is 401 g/mol. The van der Waals surface area contributed by atoms with Crippen LogP contribution in [-0.4, -0.2) is 15.9 Å². The van der Waals surface area contributed by atoms with E-state index in [2.05, 4.69) is 15.3 Å². The summed E-state index contributed by atoms with van der Waals surface area (Å²) < 4.78 is 18.8. The average molecular weight is 421 g/mol. The second-order valence-corrected chi connectivity index (χ2v) is 8.08. The third-order valence-corrected chi connectivity index (χ3v) is 5.46. The minimum absolute atomic E-state index is 0.146. The van der Waals surface area contributed by atoms with E-state index in [4.69, 9.17) is 4.42 Å². The maximum atomic E-state index is 13.0. The van der Waals surface area contributed by atoms with Crippen LogP contribution in [0.5, 0.6) is 0 Å². The predicted octanol–water partition coefficient (Wildman–Crippen LogP) is 5.41. The molecule has 0 aliphatic heterocycles. The highest BCUT2D eigenvalue weighted by Gasteiger charge is 2.11. The van der Waals surface area contributed by atoms with Gasteiger partial charge in [0.2, 0.25) is 5.91 Å². The predicted molar refractivity (Wildman–Crippen MR) is 115 cm³/mol. The van der Waals surface area contributed by atoms with Crippen LogP contribution in [0.2, 0.25) is 0 Å². The molecule has 1 N–H and O–H groups in total. The zero-order valence-corrected chi connectivity index (χ0v) is 17.2. The van der Waals surface area contributed by atoms with Gasteiger partial charge in [-0.15, -0.1) is 11.3 Å². The summed E-state index contributed by atoms with van der Waals surface area (Å²) >= 11 is 1.41. The molecular formula is C23H20FN3O2S. The molecule has 0 fully saturated rings. The number of nitrogens with one attached hydrogen (secondary N) is 1. The minimum Gasteiger partial charge on any atom is -0.441 e. The second kappa shape index (κ2) is 9.00. The number of anilines is 1. The molecule has 152 valence electrons. The van der Waals surface area contributed by atoms with Crippen molar-refractivity contribution >= 4 is 22.4 Å². The first kappa shape index (κ1) is 20.0. The van der Waals surface area contributed by atoms with Gasteiger partial charge in [0.15, 0.2) is 16.8 Å². The molecule has 7 heteroatoms. The average Bonchev–Trinajstić information content (AvgIpc) is 3.38. The number of nitrogens with zero attached hydrogens (tertiary/aromatic N) is 2. The number of halogens is 1. The van der Waals surface area contributed by atoms with E-state index in [9.17, 15) is 9.18 Å². The summed E-state index contributed by atoms with van der Waals surface area (Å²) in [7, 11) is 0. The van der Waals surface area contributed by atoms with Crippen LogP contribution in [-0.2, 0) is 17.6 Å². The Bertz CT molecular complexity index is 1130. The van der Waals surface area contributed by atoms with Gasteiger partial charge in [0.25, 0.3) is 0 Å².